The number of halogens is 1. The Labute approximate surface area is 109 Å². The molecule has 2 N–H and O–H groups in total. The van der Waals surface area contributed by atoms with Crippen molar-refractivity contribution in [3.05, 3.63) is 21.0 Å². The smallest absolute Gasteiger partial charge is 0.283 e. The van der Waals surface area contributed by atoms with E-state index in [1.165, 1.54) is 4.68 Å². The summed E-state index contributed by atoms with van der Waals surface area (Å²) in [6, 6.07) is 0.163. The molecule has 2 atom stereocenters. The Hall–Kier alpha value is -0.880. The van der Waals surface area contributed by atoms with Gasteiger partial charge in [0.1, 0.15) is 4.47 Å². The largest absolute Gasteiger partial charge is 0.367 e. The van der Waals surface area contributed by atoms with Crippen LogP contribution in [0, 0.1) is 5.92 Å². The molecule has 0 spiro atoms. The first-order chi connectivity index (χ1) is 8.04. The molecule has 2 unspecified atom stereocenters. The summed E-state index contributed by atoms with van der Waals surface area (Å²) >= 11 is 3.37. The van der Waals surface area contributed by atoms with Gasteiger partial charge in [-0.15, -0.1) is 0 Å². The Balaban J connectivity index is 2.35. The van der Waals surface area contributed by atoms with Gasteiger partial charge in [0.2, 0.25) is 0 Å². The van der Waals surface area contributed by atoms with E-state index in [9.17, 15) is 4.79 Å². The van der Waals surface area contributed by atoms with Crippen molar-refractivity contribution in [3.63, 3.8) is 0 Å². The zero-order valence-corrected chi connectivity index (χ0v) is 11.6. The highest BCUT2D eigenvalue weighted by atomic mass is 79.9. The lowest BCUT2D eigenvalue weighted by Crippen LogP contribution is -2.30. The third-order valence-electron chi connectivity index (χ3n) is 3.28. The fraction of sp³-hybridized carbons (Fsp3) is 0.636. The van der Waals surface area contributed by atoms with Gasteiger partial charge in [-0.25, -0.2) is 4.68 Å². The van der Waals surface area contributed by atoms with Crippen LogP contribution >= 0.6 is 15.9 Å². The second kappa shape index (κ2) is 4.78. The van der Waals surface area contributed by atoms with E-state index >= 15 is 0 Å². The molecule has 2 rings (SSSR count). The molecule has 1 fully saturated rings. The van der Waals surface area contributed by atoms with Crippen LogP contribution in [0.4, 0.5) is 5.69 Å². The maximum absolute atomic E-state index is 11.9. The van der Waals surface area contributed by atoms with Gasteiger partial charge in [0.15, 0.2) is 0 Å². The van der Waals surface area contributed by atoms with Gasteiger partial charge in [-0.2, -0.15) is 5.10 Å². The van der Waals surface area contributed by atoms with E-state index in [0.29, 0.717) is 16.9 Å². The van der Waals surface area contributed by atoms with Crippen molar-refractivity contribution >= 4 is 21.6 Å². The summed E-state index contributed by atoms with van der Waals surface area (Å²) in [5.41, 5.74) is 6.75. The number of rotatable bonds is 2. The van der Waals surface area contributed by atoms with Gasteiger partial charge >= 0.3 is 0 Å². The van der Waals surface area contributed by atoms with Crippen LogP contribution in [-0.4, -0.2) is 28.9 Å². The number of hydrogen-bond donors (Lipinski definition) is 1. The molecule has 0 aromatic carbocycles. The highest BCUT2D eigenvalue weighted by Gasteiger charge is 2.28. The molecule has 1 aliphatic rings. The molecule has 1 aromatic rings. The fourth-order valence-corrected chi connectivity index (χ4v) is 2.65. The van der Waals surface area contributed by atoms with Crippen LogP contribution in [0.3, 0.4) is 0 Å². The quantitative estimate of drug-likeness (QED) is 0.878. The van der Waals surface area contributed by atoms with Gasteiger partial charge < -0.3 is 10.6 Å². The lowest BCUT2D eigenvalue weighted by atomic mass is 10.1. The summed E-state index contributed by atoms with van der Waals surface area (Å²) in [5.74, 6) is 0.440. The number of anilines is 1. The van der Waals surface area contributed by atoms with E-state index in [4.69, 9.17) is 5.73 Å². The Morgan fingerprint density at radius 1 is 1.59 bits per heavy atom. The standard InChI is InChI=1S/C11H17BrN4O/c1-3-16-11(17)10(12)9(4-14-16)15-5-7(2)8(13)6-15/h4,7-8H,3,5-6,13H2,1-2H3. The second-order valence-corrected chi connectivity index (χ2v) is 5.30. The third kappa shape index (κ3) is 2.24. The normalized spacial score (nSPS) is 24.4. The lowest BCUT2D eigenvalue weighted by molar-refractivity contribution is 0.565. The van der Waals surface area contributed by atoms with Crippen molar-refractivity contribution in [3.8, 4) is 0 Å². The SMILES string of the molecule is CCn1ncc(N2CC(C)C(N)C2)c(Br)c1=O. The molecule has 0 aliphatic carbocycles. The minimum atomic E-state index is -0.0851. The van der Waals surface area contributed by atoms with Crippen LogP contribution < -0.4 is 16.2 Å². The minimum Gasteiger partial charge on any atom is -0.367 e. The Kier molecular flexibility index (Phi) is 3.53. The molecule has 0 amide bonds. The predicted molar refractivity (Wildman–Crippen MR) is 71.2 cm³/mol. The van der Waals surface area contributed by atoms with Crippen LogP contribution in [0.2, 0.25) is 0 Å². The molecule has 94 valence electrons. The summed E-state index contributed by atoms with van der Waals surface area (Å²) < 4.78 is 2.02. The molecule has 6 heteroatoms. The highest BCUT2D eigenvalue weighted by molar-refractivity contribution is 9.10. The molecular formula is C11H17BrN4O. The predicted octanol–water partition coefficient (Wildman–Crippen LogP) is 0.809. The van der Waals surface area contributed by atoms with Gasteiger partial charge in [0, 0.05) is 25.7 Å². The Bertz CT molecular complexity index is 463. The fourth-order valence-electron chi connectivity index (χ4n) is 2.09. The van der Waals surface area contributed by atoms with E-state index < -0.39 is 0 Å². The van der Waals surface area contributed by atoms with E-state index in [0.717, 1.165) is 18.8 Å². The number of nitrogens with zero attached hydrogens (tertiary/aromatic N) is 3. The zero-order chi connectivity index (χ0) is 12.6. The molecule has 17 heavy (non-hydrogen) atoms. The molecule has 0 bridgehead atoms. The number of aryl methyl sites for hydroxylation is 1. The monoisotopic (exact) mass is 300 g/mol. The minimum absolute atomic E-state index is 0.0851. The maximum atomic E-state index is 11.9. The van der Waals surface area contributed by atoms with Crippen molar-refractivity contribution in [1.29, 1.82) is 0 Å². The molecule has 2 heterocycles. The molecular weight excluding hydrogens is 284 g/mol. The first-order valence-electron chi connectivity index (χ1n) is 5.80. The van der Waals surface area contributed by atoms with Crippen molar-refractivity contribution in [2.24, 2.45) is 11.7 Å². The van der Waals surface area contributed by atoms with Crippen molar-refractivity contribution < 1.29 is 0 Å². The average molecular weight is 301 g/mol. The molecule has 0 radical (unpaired) electrons. The summed E-state index contributed by atoms with van der Waals surface area (Å²) in [6.45, 7) is 6.25. The van der Waals surface area contributed by atoms with Crippen LogP contribution in [0.15, 0.2) is 15.5 Å². The Morgan fingerprint density at radius 2 is 2.29 bits per heavy atom. The second-order valence-electron chi connectivity index (χ2n) is 4.51. The number of nitrogens with two attached hydrogens (primary N) is 1. The average Bonchev–Trinajstić information content (AvgIpc) is 2.63. The number of aromatic nitrogens is 2. The van der Waals surface area contributed by atoms with Gasteiger partial charge in [0.05, 0.1) is 11.9 Å². The summed E-state index contributed by atoms with van der Waals surface area (Å²) in [4.78, 5) is 14.1. The van der Waals surface area contributed by atoms with E-state index in [1.807, 2.05) is 6.92 Å². The molecule has 5 nitrogen and oxygen atoms in total. The Morgan fingerprint density at radius 3 is 2.82 bits per heavy atom. The first kappa shape index (κ1) is 12.6. The van der Waals surface area contributed by atoms with Gasteiger partial charge in [0.25, 0.3) is 5.56 Å². The molecule has 0 saturated carbocycles. The summed E-state index contributed by atoms with van der Waals surface area (Å²) in [6.07, 6.45) is 1.74. The van der Waals surface area contributed by atoms with E-state index in [1.54, 1.807) is 6.20 Å². The first-order valence-corrected chi connectivity index (χ1v) is 6.60. The highest BCUT2D eigenvalue weighted by Crippen LogP contribution is 2.27. The van der Waals surface area contributed by atoms with Gasteiger partial charge in [-0.1, -0.05) is 6.92 Å². The van der Waals surface area contributed by atoms with Crippen LogP contribution in [0.5, 0.6) is 0 Å². The number of hydrogen-bond acceptors (Lipinski definition) is 4. The topological polar surface area (TPSA) is 64.2 Å². The van der Waals surface area contributed by atoms with E-state index in [-0.39, 0.29) is 11.6 Å². The molecule has 1 saturated heterocycles. The molecule has 1 aliphatic heterocycles. The summed E-state index contributed by atoms with van der Waals surface area (Å²) in [7, 11) is 0. The van der Waals surface area contributed by atoms with Crippen molar-refractivity contribution in [1.82, 2.24) is 9.78 Å². The van der Waals surface area contributed by atoms with E-state index in [2.05, 4.69) is 32.9 Å². The molecule has 1 aromatic heterocycles. The van der Waals surface area contributed by atoms with Crippen LogP contribution in [0.25, 0.3) is 0 Å². The summed E-state index contributed by atoms with van der Waals surface area (Å²) in [5, 5.41) is 4.14. The third-order valence-corrected chi connectivity index (χ3v) is 4.02. The van der Waals surface area contributed by atoms with Gasteiger partial charge in [-0.3, -0.25) is 4.79 Å². The van der Waals surface area contributed by atoms with Gasteiger partial charge in [-0.05, 0) is 28.8 Å². The zero-order valence-electron chi connectivity index (χ0n) is 10.1. The van der Waals surface area contributed by atoms with Crippen LogP contribution in [-0.2, 0) is 6.54 Å². The van der Waals surface area contributed by atoms with Crippen molar-refractivity contribution in [2.45, 2.75) is 26.4 Å². The van der Waals surface area contributed by atoms with Crippen LogP contribution in [0.1, 0.15) is 13.8 Å². The maximum Gasteiger partial charge on any atom is 0.283 e. The lowest BCUT2D eigenvalue weighted by Gasteiger charge is -2.19. The van der Waals surface area contributed by atoms with Crippen molar-refractivity contribution in [2.75, 3.05) is 18.0 Å².